The van der Waals surface area contributed by atoms with E-state index in [-0.39, 0.29) is 27.0 Å². The van der Waals surface area contributed by atoms with E-state index in [4.69, 9.17) is 14.3 Å². The van der Waals surface area contributed by atoms with Crippen LogP contribution < -0.4 is 4.74 Å². The van der Waals surface area contributed by atoms with E-state index in [0.717, 1.165) is 27.5 Å². The van der Waals surface area contributed by atoms with Gasteiger partial charge in [-0.15, -0.1) is 0 Å². The van der Waals surface area contributed by atoms with Crippen LogP contribution in [0.25, 0.3) is 11.5 Å². The Bertz CT molecular complexity index is 975. The van der Waals surface area contributed by atoms with Crippen molar-refractivity contribution in [1.29, 1.82) is 0 Å². The predicted octanol–water partition coefficient (Wildman–Crippen LogP) is 3.22. The summed E-state index contributed by atoms with van der Waals surface area (Å²) in [5, 5.41) is 8.81. The van der Waals surface area contributed by atoms with Crippen molar-refractivity contribution in [2.75, 3.05) is 13.2 Å². The molecule has 7 nitrogen and oxygen atoms in total. The van der Waals surface area contributed by atoms with Crippen LogP contribution >= 0.6 is 0 Å². The van der Waals surface area contributed by atoms with Crippen molar-refractivity contribution in [1.82, 2.24) is 9.88 Å². The molecule has 0 aliphatic rings. The molecule has 1 N–H and O–H groups in total. The number of aromatic nitrogens is 1. The zero-order valence-electron chi connectivity index (χ0n) is 16.4. The van der Waals surface area contributed by atoms with Crippen molar-refractivity contribution < 1.29 is 44.3 Å². The number of benzene rings is 2. The summed E-state index contributed by atoms with van der Waals surface area (Å²) in [5.41, 5.74) is 2.52. The van der Waals surface area contributed by atoms with E-state index in [1.807, 2.05) is 37.3 Å². The van der Waals surface area contributed by atoms with E-state index in [1.54, 1.807) is 30.7 Å². The average molecular weight is 580 g/mol. The molecular formula is C22H21N2O5Re-. The molecule has 0 aliphatic carbocycles. The topological polar surface area (TPSA) is 92.9 Å². The fraction of sp³-hybridized carbons (Fsp3) is 0.227. The third kappa shape index (κ3) is 6.55. The van der Waals surface area contributed by atoms with Gasteiger partial charge in [0, 0.05) is 39.0 Å². The Morgan fingerprint density at radius 2 is 1.97 bits per heavy atom. The van der Waals surface area contributed by atoms with Crippen LogP contribution in [0.2, 0.25) is 0 Å². The number of carbonyl (C=O) groups excluding carboxylic acids is 1. The second-order valence-corrected chi connectivity index (χ2v) is 6.47. The average Bonchev–Trinajstić information content (AvgIpc) is 3.09. The summed E-state index contributed by atoms with van der Waals surface area (Å²) in [7, 11) is 0. The minimum Gasteiger partial charge on any atom is -0.520 e. The maximum atomic E-state index is 10.9. The molecule has 0 spiro atoms. The molecule has 3 rings (SSSR count). The molecule has 2 aromatic carbocycles. The molecule has 0 bridgehead atoms. The van der Waals surface area contributed by atoms with Gasteiger partial charge in [-0.2, -0.15) is 6.41 Å². The van der Waals surface area contributed by atoms with Crippen LogP contribution in [-0.4, -0.2) is 40.5 Å². The summed E-state index contributed by atoms with van der Waals surface area (Å²) in [5.74, 6) is 0.891. The molecule has 0 saturated carbocycles. The van der Waals surface area contributed by atoms with Gasteiger partial charge in [-0.1, -0.05) is 30.3 Å². The summed E-state index contributed by atoms with van der Waals surface area (Å²) >= 11 is 0. The molecule has 0 atom stereocenters. The first-order valence-corrected chi connectivity index (χ1v) is 9.13. The van der Waals surface area contributed by atoms with Gasteiger partial charge in [-0.3, -0.25) is 4.79 Å². The summed E-state index contributed by atoms with van der Waals surface area (Å²) in [6.07, 6.45) is 2.21. The number of hydrogen-bond donors (Lipinski definition) is 1. The Hall–Kier alpha value is -2.95. The van der Waals surface area contributed by atoms with E-state index in [1.165, 1.54) is 0 Å². The van der Waals surface area contributed by atoms with Crippen LogP contribution in [0, 0.1) is 6.92 Å². The van der Waals surface area contributed by atoms with E-state index in [9.17, 15) is 9.59 Å². The maximum absolute atomic E-state index is 10.9. The zero-order valence-corrected chi connectivity index (χ0v) is 19.1. The van der Waals surface area contributed by atoms with Crippen molar-refractivity contribution >= 4 is 12.4 Å². The number of ether oxygens (including phenoxy) is 1. The standard InChI is InChI=1S/C22H21N2O5.Re/c1-16-20(23-22(29-16)18-7-3-2-4-8-18)10-11-28-19-9-5-6-17(12-19)13-24(15-25)14-21(26)27;/h2-9,12H,10-11,13-14H2,1H3,(H,26,27);/q-1;. The molecule has 157 valence electrons. The molecule has 1 amide bonds. The van der Waals surface area contributed by atoms with Gasteiger partial charge >= 0.3 is 5.97 Å². The Kier molecular flexibility index (Phi) is 8.78. The molecule has 0 saturated heterocycles. The van der Waals surface area contributed by atoms with Crippen molar-refractivity contribution in [3.63, 3.8) is 0 Å². The summed E-state index contributed by atoms with van der Waals surface area (Å²) in [6.45, 7) is 2.03. The number of carboxylic acids is 1. The van der Waals surface area contributed by atoms with Gasteiger partial charge in [0.25, 0.3) is 0 Å². The van der Waals surface area contributed by atoms with Crippen molar-refractivity contribution in [3.8, 4) is 17.2 Å². The molecule has 0 unspecified atom stereocenters. The number of carboxylic acid groups (broad SMARTS) is 1. The minimum atomic E-state index is -1.08. The minimum absolute atomic E-state index is 0. The first-order valence-electron chi connectivity index (χ1n) is 9.13. The molecular weight excluding hydrogens is 558 g/mol. The first kappa shape index (κ1) is 23.3. The Balaban J connectivity index is 0.00000320. The SMILES string of the molecule is Cc1oc(-c2ccccc2)nc1CCOc1cccc(CN([C-]=O)CC(=O)O)c1.[Re]. The van der Waals surface area contributed by atoms with Gasteiger partial charge in [0.2, 0.25) is 5.89 Å². The number of aliphatic carboxylic acids is 1. The van der Waals surface area contributed by atoms with Crippen LogP contribution in [0.3, 0.4) is 0 Å². The van der Waals surface area contributed by atoms with Crippen molar-refractivity contribution in [3.05, 3.63) is 71.6 Å². The fourth-order valence-electron chi connectivity index (χ4n) is 2.87. The molecule has 1 radical (unpaired) electrons. The van der Waals surface area contributed by atoms with Crippen molar-refractivity contribution in [2.45, 2.75) is 19.9 Å². The van der Waals surface area contributed by atoms with Crippen LogP contribution in [0.1, 0.15) is 17.0 Å². The molecule has 3 aromatic rings. The van der Waals surface area contributed by atoms with Crippen LogP contribution in [0.4, 0.5) is 0 Å². The molecule has 30 heavy (non-hydrogen) atoms. The monoisotopic (exact) mass is 580 g/mol. The van der Waals surface area contributed by atoms with Gasteiger partial charge < -0.3 is 24.0 Å². The van der Waals surface area contributed by atoms with E-state index < -0.39 is 12.5 Å². The largest absolute Gasteiger partial charge is 0.520 e. The Morgan fingerprint density at radius 1 is 1.20 bits per heavy atom. The maximum Gasteiger partial charge on any atom is 0.320 e. The number of rotatable bonds is 10. The second kappa shape index (κ2) is 11.3. The number of amides is 1. The smallest absolute Gasteiger partial charge is 0.320 e. The van der Waals surface area contributed by atoms with Gasteiger partial charge in [-0.05, 0) is 36.8 Å². The number of nitrogens with zero attached hydrogens (tertiary/aromatic N) is 2. The number of oxazole rings is 1. The Labute approximate surface area is 188 Å². The fourth-order valence-corrected chi connectivity index (χ4v) is 2.87. The summed E-state index contributed by atoms with van der Waals surface area (Å²) < 4.78 is 11.6. The molecule has 0 fully saturated rings. The van der Waals surface area contributed by atoms with Crippen molar-refractivity contribution in [2.24, 2.45) is 0 Å². The normalized spacial score (nSPS) is 10.2. The van der Waals surface area contributed by atoms with Gasteiger partial charge in [-0.25, -0.2) is 4.98 Å². The van der Waals surface area contributed by atoms with Crippen LogP contribution in [0.15, 0.2) is 59.0 Å². The van der Waals surface area contributed by atoms with Gasteiger partial charge in [0.15, 0.2) is 0 Å². The summed E-state index contributed by atoms with van der Waals surface area (Å²) in [4.78, 5) is 27.3. The number of aryl methyl sites for hydroxylation is 1. The van der Waals surface area contributed by atoms with Crippen LogP contribution in [-0.2, 0) is 43.0 Å². The van der Waals surface area contributed by atoms with E-state index >= 15 is 0 Å². The summed E-state index contributed by atoms with van der Waals surface area (Å²) in [6, 6.07) is 16.9. The first-order chi connectivity index (χ1) is 14.0. The van der Waals surface area contributed by atoms with Gasteiger partial charge in [0.1, 0.15) is 11.5 Å². The third-order valence-electron chi connectivity index (χ3n) is 4.25. The number of carbonyl (C=O) groups is 1. The Morgan fingerprint density at radius 3 is 2.67 bits per heavy atom. The van der Waals surface area contributed by atoms with Crippen LogP contribution in [0.5, 0.6) is 5.75 Å². The third-order valence-corrected chi connectivity index (χ3v) is 4.25. The molecule has 0 aliphatic heterocycles. The van der Waals surface area contributed by atoms with Gasteiger partial charge in [0.05, 0.1) is 18.8 Å². The molecule has 1 aromatic heterocycles. The quantitative estimate of drug-likeness (QED) is 0.293. The molecule has 8 heteroatoms. The zero-order chi connectivity index (χ0) is 20.6. The second-order valence-electron chi connectivity index (χ2n) is 6.47. The predicted molar refractivity (Wildman–Crippen MR) is 106 cm³/mol. The molecule has 1 heterocycles. The number of hydrogen-bond acceptors (Lipinski definition) is 5. The van der Waals surface area contributed by atoms with E-state index in [0.29, 0.717) is 24.7 Å². The van der Waals surface area contributed by atoms with E-state index in [2.05, 4.69) is 4.98 Å².